The first-order valence-corrected chi connectivity index (χ1v) is 10.1. The van der Waals surface area contributed by atoms with E-state index in [1.807, 2.05) is 76.7 Å². The molecule has 0 unspecified atom stereocenters. The van der Waals surface area contributed by atoms with Crippen LogP contribution in [0, 0.1) is 12.8 Å². The van der Waals surface area contributed by atoms with Gasteiger partial charge in [0.15, 0.2) is 0 Å². The average Bonchev–Trinajstić information content (AvgIpc) is 3.42. The molecule has 0 bridgehead atoms. The summed E-state index contributed by atoms with van der Waals surface area (Å²) in [4.78, 5) is 25.8. The quantitative estimate of drug-likeness (QED) is 0.566. The molecule has 0 radical (unpaired) electrons. The van der Waals surface area contributed by atoms with Crippen molar-refractivity contribution in [3.8, 4) is 0 Å². The summed E-state index contributed by atoms with van der Waals surface area (Å²) >= 11 is 0. The number of fused-ring (bicyclic) bond motifs is 3. The van der Waals surface area contributed by atoms with E-state index in [9.17, 15) is 9.59 Å². The molecule has 1 aliphatic carbocycles. The van der Waals surface area contributed by atoms with Gasteiger partial charge in [0.25, 0.3) is 11.5 Å². The van der Waals surface area contributed by atoms with Crippen LogP contribution in [0.4, 0.5) is 0 Å². The van der Waals surface area contributed by atoms with Crippen LogP contribution in [0.15, 0.2) is 65.6 Å². The Morgan fingerprint density at radius 2 is 1.83 bits per heavy atom. The van der Waals surface area contributed by atoms with E-state index in [1.54, 1.807) is 0 Å². The van der Waals surface area contributed by atoms with Gasteiger partial charge >= 0.3 is 0 Å². The fraction of sp³-hybridized carbons (Fsp3) is 0.250. The third-order valence-corrected chi connectivity index (χ3v) is 5.71. The zero-order valence-electron chi connectivity index (χ0n) is 16.4. The Hall–Kier alpha value is -3.34. The molecule has 0 atom stereocenters. The molecule has 1 aliphatic rings. The van der Waals surface area contributed by atoms with E-state index in [-0.39, 0.29) is 11.5 Å². The van der Waals surface area contributed by atoms with Gasteiger partial charge in [-0.2, -0.15) is 0 Å². The summed E-state index contributed by atoms with van der Waals surface area (Å²) in [6.07, 6.45) is 4.23. The molecule has 0 saturated heterocycles. The molecule has 29 heavy (non-hydrogen) atoms. The van der Waals surface area contributed by atoms with Gasteiger partial charge in [0.05, 0.1) is 11.0 Å². The maximum atomic E-state index is 13.0. The number of nitrogens with one attached hydrogen (secondary N) is 1. The fourth-order valence-corrected chi connectivity index (χ4v) is 3.83. The number of carbonyl (C=O) groups excluding carboxylic acids is 1. The summed E-state index contributed by atoms with van der Waals surface area (Å²) in [5.74, 6) is 0.429. The standard InChI is InChI=1S/C24H23N3O2/c1-16-4-6-17(7-5-16)14-25-23(28)19-10-11-20-22(13-19)27(15-18-8-9-18)24(29)21-3-2-12-26(20)21/h2-7,10-13,18H,8-9,14-15H2,1H3,(H,25,28). The number of amides is 1. The van der Waals surface area contributed by atoms with Gasteiger partial charge in [0.1, 0.15) is 5.52 Å². The van der Waals surface area contributed by atoms with E-state index in [2.05, 4.69) is 5.32 Å². The highest BCUT2D eigenvalue weighted by molar-refractivity contribution is 5.97. The molecule has 1 fully saturated rings. The van der Waals surface area contributed by atoms with Crippen LogP contribution in [0.1, 0.15) is 34.3 Å². The Kier molecular flexibility index (Phi) is 4.23. The van der Waals surface area contributed by atoms with Crippen LogP contribution >= 0.6 is 0 Å². The summed E-state index contributed by atoms with van der Waals surface area (Å²) in [6, 6.07) is 17.5. The van der Waals surface area contributed by atoms with Crippen molar-refractivity contribution >= 4 is 22.5 Å². The van der Waals surface area contributed by atoms with Gasteiger partial charge in [-0.25, -0.2) is 0 Å². The molecular formula is C24H23N3O2. The van der Waals surface area contributed by atoms with Crippen molar-refractivity contribution in [3.05, 3.63) is 87.8 Å². The maximum absolute atomic E-state index is 13.0. The summed E-state index contributed by atoms with van der Waals surface area (Å²) in [6.45, 7) is 3.23. The summed E-state index contributed by atoms with van der Waals surface area (Å²) in [7, 11) is 0. The number of aromatic nitrogens is 2. The molecule has 1 N–H and O–H groups in total. The lowest BCUT2D eigenvalue weighted by molar-refractivity contribution is 0.0951. The molecule has 2 heterocycles. The van der Waals surface area contributed by atoms with Gasteiger partial charge in [-0.15, -0.1) is 0 Å². The molecule has 1 amide bonds. The number of hydrogen-bond donors (Lipinski definition) is 1. The Labute approximate surface area is 168 Å². The van der Waals surface area contributed by atoms with Crippen molar-refractivity contribution in [1.29, 1.82) is 0 Å². The number of carbonyl (C=O) groups is 1. The zero-order chi connectivity index (χ0) is 20.0. The first-order chi connectivity index (χ1) is 14.1. The number of aryl methyl sites for hydroxylation is 1. The lowest BCUT2D eigenvalue weighted by Gasteiger charge is -2.14. The Morgan fingerprint density at radius 1 is 1.03 bits per heavy atom. The predicted molar refractivity (Wildman–Crippen MR) is 114 cm³/mol. The molecule has 5 nitrogen and oxygen atoms in total. The van der Waals surface area contributed by atoms with Gasteiger partial charge in [-0.3, -0.25) is 9.59 Å². The SMILES string of the molecule is Cc1ccc(CNC(=O)c2ccc3c(c2)n(CC2CC2)c(=O)c2cccn23)cc1. The molecular weight excluding hydrogens is 362 g/mol. The molecule has 0 spiro atoms. The minimum absolute atomic E-state index is 0.00612. The van der Waals surface area contributed by atoms with Gasteiger partial charge in [0.2, 0.25) is 0 Å². The number of nitrogens with zero attached hydrogens (tertiary/aromatic N) is 2. The van der Waals surface area contributed by atoms with Gasteiger partial charge in [0, 0.05) is 24.8 Å². The smallest absolute Gasteiger partial charge is 0.275 e. The Morgan fingerprint density at radius 3 is 2.59 bits per heavy atom. The van der Waals surface area contributed by atoms with Crippen LogP contribution in [-0.2, 0) is 13.1 Å². The van der Waals surface area contributed by atoms with Crippen molar-refractivity contribution < 1.29 is 4.79 Å². The number of rotatable bonds is 5. The highest BCUT2D eigenvalue weighted by atomic mass is 16.1. The van der Waals surface area contributed by atoms with Crippen molar-refractivity contribution in [1.82, 2.24) is 14.3 Å². The van der Waals surface area contributed by atoms with Crippen LogP contribution in [0.2, 0.25) is 0 Å². The zero-order valence-corrected chi connectivity index (χ0v) is 16.4. The lowest BCUT2D eigenvalue weighted by Crippen LogP contribution is -2.25. The molecule has 1 saturated carbocycles. The van der Waals surface area contributed by atoms with Gasteiger partial charge in [-0.1, -0.05) is 29.8 Å². The summed E-state index contributed by atoms with van der Waals surface area (Å²) in [5, 5.41) is 2.99. The van der Waals surface area contributed by atoms with Gasteiger partial charge < -0.3 is 14.3 Å². The molecule has 2 aromatic heterocycles. The number of benzene rings is 2. The van der Waals surface area contributed by atoms with Crippen LogP contribution in [0.25, 0.3) is 16.6 Å². The normalized spacial score (nSPS) is 13.8. The topological polar surface area (TPSA) is 55.5 Å². The Bertz CT molecular complexity index is 1280. The van der Waals surface area contributed by atoms with Crippen LogP contribution < -0.4 is 10.9 Å². The first kappa shape index (κ1) is 17.7. The van der Waals surface area contributed by atoms with Crippen molar-refractivity contribution in [2.45, 2.75) is 32.9 Å². The van der Waals surface area contributed by atoms with Crippen LogP contribution in [-0.4, -0.2) is 14.9 Å². The fourth-order valence-electron chi connectivity index (χ4n) is 3.83. The van der Waals surface area contributed by atoms with Crippen LogP contribution in [0.3, 0.4) is 0 Å². The minimum Gasteiger partial charge on any atom is -0.348 e. The highest BCUT2D eigenvalue weighted by Gasteiger charge is 2.24. The van der Waals surface area contributed by atoms with Gasteiger partial charge in [-0.05, 0) is 61.6 Å². The molecule has 0 aliphatic heterocycles. The van der Waals surface area contributed by atoms with Crippen molar-refractivity contribution in [2.75, 3.05) is 0 Å². The van der Waals surface area contributed by atoms with Crippen molar-refractivity contribution in [3.63, 3.8) is 0 Å². The predicted octanol–water partition coefficient (Wildman–Crippen LogP) is 3.90. The molecule has 4 aromatic rings. The minimum atomic E-state index is -0.134. The molecule has 5 heteroatoms. The molecule has 146 valence electrons. The van der Waals surface area contributed by atoms with E-state index >= 15 is 0 Å². The van der Waals surface area contributed by atoms with E-state index in [4.69, 9.17) is 0 Å². The third-order valence-electron chi connectivity index (χ3n) is 5.71. The monoisotopic (exact) mass is 385 g/mol. The molecule has 5 rings (SSSR count). The summed E-state index contributed by atoms with van der Waals surface area (Å²) in [5.41, 5.74) is 5.26. The van der Waals surface area contributed by atoms with Crippen LogP contribution in [0.5, 0.6) is 0 Å². The second kappa shape index (κ2) is 6.92. The van der Waals surface area contributed by atoms with E-state index in [0.29, 0.717) is 30.1 Å². The largest absolute Gasteiger partial charge is 0.348 e. The lowest BCUT2D eigenvalue weighted by atomic mass is 10.1. The first-order valence-electron chi connectivity index (χ1n) is 10.1. The second-order valence-electron chi connectivity index (χ2n) is 7.99. The maximum Gasteiger partial charge on any atom is 0.275 e. The van der Waals surface area contributed by atoms with E-state index in [0.717, 1.165) is 29.4 Å². The highest BCUT2D eigenvalue weighted by Crippen LogP contribution is 2.31. The summed E-state index contributed by atoms with van der Waals surface area (Å²) < 4.78 is 3.76. The van der Waals surface area contributed by atoms with E-state index in [1.165, 1.54) is 5.56 Å². The number of hydrogen-bond acceptors (Lipinski definition) is 2. The average molecular weight is 385 g/mol. The van der Waals surface area contributed by atoms with Crippen molar-refractivity contribution in [2.24, 2.45) is 5.92 Å². The Balaban J connectivity index is 1.51. The molecule has 2 aromatic carbocycles. The second-order valence-corrected chi connectivity index (χ2v) is 7.99. The van der Waals surface area contributed by atoms with E-state index < -0.39 is 0 Å². The third kappa shape index (κ3) is 3.33.